The molecule has 1 atom stereocenters. The predicted octanol–water partition coefficient (Wildman–Crippen LogP) is 4.56. The van der Waals surface area contributed by atoms with Crippen molar-refractivity contribution in [2.45, 2.75) is 32.2 Å². The van der Waals surface area contributed by atoms with Crippen molar-refractivity contribution in [3.05, 3.63) is 29.6 Å². The average Bonchev–Trinajstić information content (AvgIpc) is 2.36. The number of nitrogens with one attached hydrogen (secondary N) is 1. The molecule has 0 aliphatic heterocycles. The molecule has 0 aliphatic rings. The minimum Gasteiger partial charge on any atom is -0.323 e. The van der Waals surface area contributed by atoms with Gasteiger partial charge in [0.15, 0.2) is 0 Å². The van der Waals surface area contributed by atoms with E-state index in [4.69, 9.17) is 0 Å². The summed E-state index contributed by atoms with van der Waals surface area (Å²) >= 11 is 1.37. The lowest BCUT2D eigenvalue weighted by molar-refractivity contribution is -0.137. The summed E-state index contributed by atoms with van der Waals surface area (Å²) in [6.07, 6.45) is -4.58. The second-order valence-corrected chi connectivity index (χ2v) is 6.22. The first kappa shape index (κ1) is 17.8. The molecule has 0 aromatic heterocycles. The highest BCUT2D eigenvalue weighted by Crippen LogP contribution is 2.32. The Morgan fingerprint density at radius 1 is 1.33 bits per heavy atom. The molecule has 1 aromatic rings. The van der Waals surface area contributed by atoms with Gasteiger partial charge >= 0.3 is 6.18 Å². The molecule has 21 heavy (non-hydrogen) atoms. The number of halogens is 4. The van der Waals surface area contributed by atoms with E-state index in [0.29, 0.717) is 24.0 Å². The van der Waals surface area contributed by atoms with Gasteiger partial charge in [0, 0.05) is 0 Å². The molecule has 0 saturated heterocycles. The third kappa shape index (κ3) is 4.91. The molecule has 1 amide bonds. The summed E-state index contributed by atoms with van der Waals surface area (Å²) in [5.74, 6) is -0.708. The zero-order valence-corrected chi connectivity index (χ0v) is 12.7. The summed E-state index contributed by atoms with van der Waals surface area (Å²) in [6.45, 7) is 5.53. The van der Waals surface area contributed by atoms with Gasteiger partial charge in [-0.1, -0.05) is 20.8 Å². The second kappa shape index (κ2) is 7.15. The minimum atomic E-state index is -4.58. The highest BCUT2D eigenvalue weighted by molar-refractivity contribution is 8.00. The molecule has 1 unspecified atom stereocenters. The largest absolute Gasteiger partial charge is 0.416 e. The molecule has 1 aromatic carbocycles. The van der Waals surface area contributed by atoms with Gasteiger partial charge in [-0.25, -0.2) is 4.39 Å². The van der Waals surface area contributed by atoms with E-state index in [-0.39, 0.29) is 5.92 Å². The molecule has 2 nitrogen and oxygen atoms in total. The van der Waals surface area contributed by atoms with E-state index >= 15 is 0 Å². The molecule has 118 valence electrons. The summed E-state index contributed by atoms with van der Waals surface area (Å²) in [7, 11) is 0. The molecule has 0 aliphatic carbocycles. The number of hydrogen-bond donors (Lipinski definition) is 1. The Balaban J connectivity index is 2.98. The average molecular weight is 323 g/mol. The van der Waals surface area contributed by atoms with E-state index < -0.39 is 34.4 Å². The van der Waals surface area contributed by atoms with Gasteiger partial charge in [-0.05, 0) is 29.9 Å². The van der Waals surface area contributed by atoms with Crippen LogP contribution in [0.5, 0.6) is 0 Å². The van der Waals surface area contributed by atoms with Crippen LogP contribution >= 0.6 is 11.8 Å². The Bertz CT molecular complexity index is 502. The van der Waals surface area contributed by atoms with Crippen LogP contribution in [0, 0.1) is 11.7 Å². The number of amides is 1. The molecular formula is C14H17F4NOS. The Kier molecular flexibility index (Phi) is 6.07. The van der Waals surface area contributed by atoms with Crippen molar-refractivity contribution in [3.63, 3.8) is 0 Å². The van der Waals surface area contributed by atoms with Crippen LogP contribution in [0.4, 0.5) is 23.2 Å². The quantitative estimate of drug-likeness (QED) is 0.805. The van der Waals surface area contributed by atoms with E-state index in [1.165, 1.54) is 11.8 Å². The summed E-state index contributed by atoms with van der Waals surface area (Å²) in [6, 6.07) is 1.96. The molecule has 0 spiro atoms. The number of carbonyl (C=O) groups is 1. The standard InChI is InChI=1S/C14H17F4NOS/c1-4-21-12(8(2)3)13(20)19-11-7-9(14(16,17)18)5-6-10(11)15/h5-8,12H,4H2,1-3H3,(H,19,20). The van der Waals surface area contributed by atoms with E-state index in [0.717, 1.165) is 0 Å². The first-order valence-corrected chi connectivity index (χ1v) is 7.51. The summed E-state index contributed by atoms with van der Waals surface area (Å²) in [5.41, 5.74) is -1.44. The van der Waals surface area contributed by atoms with E-state index in [9.17, 15) is 22.4 Å². The van der Waals surface area contributed by atoms with Crippen LogP contribution in [-0.4, -0.2) is 16.9 Å². The van der Waals surface area contributed by atoms with Gasteiger partial charge < -0.3 is 5.32 Å². The van der Waals surface area contributed by atoms with Crippen molar-refractivity contribution in [2.24, 2.45) is 5.92 Å². The number of carbonyl (C=O) groups excluding carboxylic acids is 1. The third-order valence-electron chi connectivity index (χ3n) is 2.76. The van der Waals surface area contributed by atoms with Gasteiger partial charge in [0.1, 0.15) is 5.82 Å². The van der Waals surface area contributed by atoms with Crippen molar-refractivity contribution in [1.82, 2.24) is 0 Å². The molecule has 0 heterocycles. The Morgan fingerprint density at radius 2 is 1.95 bits per heavy atom. The van der Waals surface area contributed by atoms with E-state index in [1.54, 1.807) is 0 Å². The monoisotopic (exact) mass is 323 g/mol. The highest BCUT2D eigenvalue weighted by atomic mass is 32.2. The zero-order valence-electron chi connectivity index (χ0n) is 11.9. The molecule has 0 bridgehead atoms. The maximum Gasteiger partial charge on any atom is 0.416 e. The molecule has 0 radical (unpaired) electrons. The lowest BCUT2D eigenvalue weighted by atomic mass is 10.1. The van der Waals surface area contributed by atoms with Gasteiger partial charge in [0.05, 0.1) is 16.5 Å². The summed E-state index contributed by atoms with van der Waals surface area (Å²) in [4.78, 5) is 12.1. The summed E-state index contributed by atoms with van der Waals surface area (Å²) in [5, 5.41) is 1.81. The maximum atomic E-state index is 13.6. The zero-order chi connectivity index (χ0) is 16.2. The third-order valence-corrected chi connectivity index (χ3v) is 4.21. The molecule has 1 N–H and O–H groups in total. The van der Waals surface area contributed by atoms with Crippen LogP contribution in [0.15, 0.2) is 18.2 Å². The number of benzene rings is 1. The first-order chi connectivity index (χ1) is 9.66. The van der Waals surface area contributed by atoms with Gasteiger partial charge in [-0.15, -0.1) is 11.8 Å². The molecule has 0 fully saturated rings. The van der Waals surface area contributed by atoms with Crippen LogP contribution < -0.4 is 5.32 Å². The number of thioether (sulfide) groups is 1. The topological polar surface area (TPSA) is 29.1 Å². The fraction of sp³-hybridized carbons (Fsp3) is 0.500. The van der Waals surface area contributed by atoms with Crippen molar-refractivity contribution in [3.8, 4) is 0 Å². The van der Waals surface area contributed by atoms with E-state index in [2.05, 4.69) is 5.32 Å². The SMILES string of the molecule is CCSC(C(=O)Nc1cc(C(F)(F)F)ccc1F)C(C)C. The Morgan fingerprint density at radius 3 is 2.43 bits per heavy atom. The number of alkyl halides is 3. The maximum absolute atomic E-state index is 13.6. The van der Waals surface area contributed by atoms with Gasteiger partial charge in [0.25, 0.3) is 0 Å². The summed E-state index contributed by atoms with van der Waals surface area (Å²) < 4.78 is 51.4. The molecular weight excluding hydrogens is 306 g/mol. The van der Waals surface area contributed by atoms with Crippen LogP contribution in [0.25, 0.3) is 0 Å². The Labute approximate surface area is 125 Å². The lowest BCUT2D eigenvalue weighted by Gasteiger charge is -2.19. The number of anilines is 1. The lowest BCUT2D eigenvalue weighted by Crippen LogP contribution is -2.30. The first-order valence-electron chi connectivity index (χ1n) is 6.46. The normalized spacial score (nSPS) is 13.3. The number of rotatable bonds is 5. The molecule has 7 heteroatoms. The Hall–Kier alpha value is -1.24. The fourth-order valence-electron chi connectivity index (χ4n) is 1.75. The number of hydrogen-bond acceptors (Lipinski definition) is 2. The van der Waals surface area contributed by atoms with Gasteiger partial charge in [-0.3, -0.25) is 4.79 Å². The van der Waals surface area contributed by atoms with Gasteiger partial charge in [-0.2, -0.15) is 13.2 Å². The second-order valence-electron chi connectivity index (χ2n) is 4.80. The van der Waals surface area contributed by atoms with Crippen LogP contribution in [0.3, 0.4) is 0 Å². The van der Waals surface area contributed by atoms with Crippen LogP contribution in [-0.2, 0) is 11.0 Å². The van der Waals surface area contributed by atoms with Crippen LogP contribution in [0.1, 0.15) is 26.3 Å². The van der Waals surface area contributed by atoms with Crippen molar-refractivity contribution >= 4 is 23.4 Å². The molecule has 1 rings (SSSR count). The van der Waals surface area contributed by atoms with Crippen molar-refractivity contribution in [2.75, 3.05) is 11.1 Å². The van der Waals surface area contributed by atoms with Crippen LogP contribution in [0.2, 0.25) is 0 Å². The van der Waals surface area contributed by atoms with Crippen molar-refractivity contribution < 1.29 is 22.4 Å². The van der Waals surface area contributed by atoms with E-state index in [1.807, 2.05) is 20.8 Å². The van der Waals surface area contributed by atoms with Crippen molar-refractivity contribution in [1.29, 1.82) is 0 Å². The smallest absolute Gasteiger partial charge is 0.323 e. The van der Waals surface area contributed by atoms with Gasteiger partial charge in [0.2, 0.25) is 5.91 Å². The highest BCUT2D eigenvalue weighted by Gasteiger charge is 2.31. The predicted molar refractivity (Wildman–Crippen MR) is 76.8 cm³/mol. The minimum absolute atomic E-state index is 0.0104. The fourth-order valence-corrected chi connectivity index (χ4v) is 2.71. The molecule has 0 saturated carbocycles.